The first kappa shape index (κ1) is 28.9. The predicted octanol–water partition coefficient (Wildman–Crippen LogP) is 5.91. The van der Waals surface area contributed by atoms with Crippen LogP contribution in [0.2, 0.25) is 0 Å². The summed E-state index contributed by atoms with van der Waals surface area (Å²) in [7, 11) is 0. The molecule has 3 amide bonds. The number of hydrogen-bond acceptors (Lipinski definition) is 4. The molecule has 7 heteroatoms. The number of nitrogens with zero attached hydrogens (tertiary/aromatic N) is 1. The molecule has 2 atom stereocenters. The monoisotopic (exact) mass is 495 g/mol. The molecule has 36 heavy (non-hydrogen) atoms. The van der Waals surface area contributed by atoms with E-state index in [4.69, 9.17) is 4.74 Å². The van der Waals surface area contributed by atoms with E-state index in [-0.39, 0.29) is 11.8 Å². The second-order valence-electron chi connectivity index (χ2n) is 10.8. The summed E-state index contributed by atoms with van der Waals surface area (Å²) in [6.45, 7) is 16.6. The Labute approximate surface area is 215 Å². The number of hydrogen-bond donors (Lipinski definition) is 2. The lowest BCUT2D eigenvalue weighted by atomic mass is 9.90. The van der Waals surface area contributed by atoms with Gasteiger partial charge in [0.25, 0.3) is 5.91 Å². The first-order valence-corrected chi connectivity index (χ1v) is 12.4. The highest BCUT2D eigenvalue weighted by atomic mass is 16.6. The van der Waals surface area contributed by atoms with Gasteiger partial charge in [-0.2, -0.15) is 0 Å². The highest BCUT2D eigenvalue weighted by molar-refractivity contribution is 5.99. The zero-order valence-electron chi connectivity index (χ0n) is 23.1. The van der Waals surface area contributed by atoms with Crippen LogP contribution in [0.4, 0.5) is 10.5 Å². The maximum atomic E-state index is 14.0. The van der Waals surface area contributed by atoms with Gasteiger partial charge in [-0.1, -0.05) is 49.4 Å². The Balaban J connectivity index is 2.56. The number of aryl methyl sites for hydroxylation is 2. The van der Waals surface area contributed by atoms with Crippen LogP contribution in [0.25, 0.3) is 0 Å². The molecule has 2 rings (SSSR count). The van der Waals surface area contributed by atoms with Crippen molar-refractivity contribution in [2.24, 2.45) is 0 Å². The maximum Gasteiger partial charge on any atom is 0.408 e. The van der Waals surface area contributed by atoms with Gasteiger partial charge in [0, 0.05) is 11.2 Å². The Hall–Kier alpha value is -3.35. The second-order valence-corrected chi connectivity index (χ2v) is 10.8. The minimum Gasteiger partial charge on any atom is -0.444 e. The van der Waals surface area contributed by atoms with Crippen LogP contribution in [-0.4, -0.2) is 40.0 Å². The average Bonchev–Trinajstić information content (AvgIpc) is 2.77. The number of ether oxygens (including phenoxy) is 1. The van der Waals surface area contributed by atoms with Crippen molar-refractivity contribution in [1.82, 2.24) is 10.2 Å². The van der Waals surface area contributed by atoms with Crippen LogP contribution in [0, 0.1) is 13.8 Å². The maximum absolute atomic E-state index is 14.0. The van der Waals surface area contributed by atoms with E-state index >= 15 is 0 Å². The normalized spacial score (nSPS) is 13.4. The van der Waals surface area contributed by atoms with Crippen LogP contribution in [0.15, 0.2) is 48.5 Å². The molecule has 0 aliphatic carbocycles. The number of carbonyl (C=O) groups is 3. The largest absolute Gasteiger partial charge is 0.444 e. The van der Waals surface area contributed by atoms with Gasteiger partial charge >= 0.3 is 6.09 Å². The van der Waals surface area contributed by atoms with Gasteiger partial charge in [-0.05, 0) is 84.6 Å². The van der Waals surface area contributed by atoms with Crippen LogP contribution < -0.4 is 10.6 Å². The summed E-state index contributed by atoms with van der Waals surface area (Å²) in [6, 6.07) is 13.2. The number of nitrogens with one attached hydrogen (secondary N) is 2. The van der Waals surface area contributed by atoms with Crippen molar-refractivity contribution in [1.29, 1.82) is 0 Å². The molecule has 196 valence electrons. The number of rotatable bonds is 8. The van der Waals surface area contributed by atoms with Crippen molar-refractivity contribution in [3.8, 4) is 0 Å². The summed E-state index contributed by atoms with van der Waals surface area (Å²) < 4.78 is 5.35. The summed E-state index contributed by atoms with van der Waals surface area (Å²) in [5, 5.41) is 5.68. The quantitative estimate of drug-likeness (QED) is 0.476. The van der Waals surface area contributed by atoms with Gasteiger partial charge in [-0.3, -0.25) is 9.59 Å². The van der Waals surface area contributed by atoms with Crippen LogP contribution in [0.1, 0.15) is 77.6 Å². The highest BCUT2D eigenvalue weighted by Gasteiger charge is 2.42. The molecule has 0 aromatic heterocycles. The van der Waals surface area contributed by atoms with E-state index < -0.39 is 29.3 Å². The van der Waals surface area contributed by atoms with Crippen molar-refractivity contribution < 1.29 is 19.1 Å². The lowest BCUT2D eigenvalue weighted by molar-refractivity contribution is -0.147. The van der Waals surface area contributed by atoms with Gasteiger partial charge in [0.2, 0.25) is 5.91 Å². The summed E-state index contributed by atoms with van der Waals surface area (Å²) in [5.41, 5.74) is 1.82. The van der Waals surface area contributed by atoms with Crippen LogP contribution >= 0.6 is 0 Å². The second kappa shape index (κ2) is 11.6. The molecule has 0 heterocycles. The number of anilines is 1. The van der Waals surface area contributed by atoms with E-state index in [2.05, 4.69) is 10.6 Å². The zero-order valence-corrected chi connectivity index (χ0v) is 23.1. The number of carbonyl (C=O) groups excluding carboxylic acids is 3. The Morgan fingerprint density at radius 1 is 0.917 bits per heavy atom. The molecule has 7 nitrogen and oxygen atoms in total. The molecule has 0 radical (unpaired) electrons. The standard InChI is InChI=1S/C29H41N3O4/c1-10-29(8,9)32(26(34)21(4)30-27(35)36-28(5,6)7)24(22-17-13-11-15-19(22)2)25(33)31-23-18-14-12-16-20(23)3/h11-18,21,24H,10H2,1-9H3,(H,30,35)(H,31,33). The van der Waals surface area contributed by atoms with Crippen molar-refractivity contribution >= 4 is 23.6 Å². The van der Waals surface area contributed by atoms with E-state index in [9.17, 15) is 14.4 Å². The van der Waals surface area contributed by atoms with E-state index in [1.807, 2.05) is 83.1 Å². The molecular formula is C29H41N3O4. The number of benzene rings is 2. The van der Waals surface area contributed by atoms with Gasteiger partial charge < -0.3 is 20.3 Å². The summed E-state index contributed by atoms with van der Waals surface area (Å²) in [5.74, 6) is -0.696. The van der Waals surface area contributed by atoms with Crippen LogP contribution in [0.3, 0.4) is 0 Å². The van der Waals surface area contributed by atoms with Crippen molar-refractivity contribution in [2.45, 2.75) is 92.0 Å². The Kier molecular flexibility index (Phi) is 9.30. The Bertz CT molecular complexity index is 1090. The van der Waals surface area contributed by atoms with Crippen molar-refractivity contribution in [3.63, 3.8) is 0 Å². The number of alkyl carbamates (subject to hydrolysis) is 1. The fourth-order valence-corrected chi connectivity index (χ4v) is 3.91. The fourth-order valence-electron chi connectivity index (χ4n) is 3.91. The summed E-state index contributed by atoms with van der Waals surface area (Å²) in [4.78, 5) is 42.0. The van der Waals surface area contributed by atoms with Crippen molar-refractivity contribution in [2.75, 3.05) is 5.32 Å². The lowest BCUT2D eigenvalue weighted by Crippen LogP contribution is -2.58. The average molecular weight is 496 g/mol. The van der Waals surface area contributed by atoms with Gasteiger partial charge in [0.05, 0.1) is 0 Å². The molecule has 0 aliphatic heterocycles. The molecule has 2 aromatic carbocycles. The third kappa shape index (κ3) is 7.33. The number of para-hydroxylation sites is 1. The summed E-state index contributed by atoms with van der Waals surface area (Å²) in [6.07, 6.45) is -0.0906. The Morgan fingerprint density at radius 2 is 1.47 bits per heavy atom. The van der Waals surface area contributed by atoms with Crippen molar-refractivity contribution in [3.05, 3.63) is 65.2 Å². The van der Waals surface area contributed by atoms with E-state index in [1.165, 1.54) is 0 Å². The first-order valence-electron chi connectivity index (χ1n) is 12.4. The topological polar surface area (TPSA) is 87.7 Å². The minimum atomic E-state index is -0.920. The molecule has 0 saturated heterocycles. The zero-order chi connectivity index (χ0) is 27.3. The lowest BCUT2D eigenvalue weighted by Gasteiger charge is -2.44. The van der Waals surface area contributed by atoms with E-state index in [0.29, 0.717) is 12.1 Å². The molecule has 0 bridgehead atoms. The summed E-state index contributed by atoms with van der Waals surface area (Å²) >= 11 is 0. The minimum absolute atomic E-state index is 0.321. The third-order valence-corrected chi connectivity index (χ3v) is 6.25. The smallest absolute Gasteiger partial charge is 0.408 e. The van der Waals surface area contributed by atoms with Crippen LogP contribution in [-0.2, 0) is 14.3 Å². The molecule has 0 aliphatic rings. The molecular weight excluding hydrogens is 454 g/mol. The number of amides is 3. The molecule has 0 saturated carbocycles. The van der Waals surface area contributed by atoms with E-state index in [0.717, 1.165) is 16.7 Å². The highest BCUT2D eigenvalue weighted by Crippen LogP contribution is 2.34. The molecule has 2 aromatic rings. The van der Waals surface area contributed by atoms with E-state index in [1.54, 1.807) is 32.6 Å². The Morgan fingerprint density at radius 3 is 2.00 bits per heavy atom. The fraction of sp³-hybridized carbons (Fsp3) is 0.483. The SMILES string of the molecule is CCC(C)(C)N(C(=O)C(C)NC(=O)OC(C)(C)C)C(C(=O)Nc1ccccc1C)c1ccccc1C. The van der Waals surface area contributed by atoms with Crippen LogP contribution in [0.5, 0.6) is 0 Å². The first-order chi connectivity index (χ1) is 16.7. The van der Waals surface area contributed by atoms with Gasteiger partial charge in [0.1, 0.15) is 17.7 Å². The van der Waals surface area contributed by atoms with Gasteiger partial charge in [-0.25, -0.2) is 4.79 Å². The predicted molar refractivity (Wildman–Crippen MR) is 144 cm³/mol. The molecule has 2 unspecified atom stereocenters. The molecule has 2 N–H and O–H groups in total. The molecule has 0 spiro atoms. The molecule has 0 fully saturated rings. The van der Waals surface area contributed by atoms with Gasteiger partial charge in [0.15, 0.2) is 0 Å². The van der Waals surface area contributed by atoms with Gasteiger partial charge in [-0.15, -0.1) is 0 Å². The third-order valence-electron chi connectivity index (χ3n) is 6.25.